The summed E-state index contributed by atoms with van der Waals surface area (Å²) in [5, 5.41) is 0. The molecule has 2 aromatic carbocycles. The normalized spacial score (nSPS) is 14.8. The number of hydrogen-bond acceptors (Lipinski definition) is 2. The zero-order valence-corrected chi connectivity index (χ0v) is 14.0. The van der Waals surface area contributed by atoms with Gasteiger partial charge in [-0.2, -0.15) is 0 Å². The maximum Gasteiger partial charge on any atom is 0.200 e. The van der Waals surface area contributed by atoms with Gasteiger partial charge in [0, 0.05) is 24.2 Å². The highest BCUT2D eigenvalue weighted by atomic mass is 32.2. The topological polar surface area (TPSA) is 3.24 Å². The van der Waals surface area contributed by atoms with Crippen LogP contribution in [0.3, 0.4) is 0 Å². The molecule has 0 saturated heterocycles. The van der Waals surface area contributed by atoms with Gasteiger partial charge in [-0.25, -0.2) is 35.0 Å². The third-order valence-electron chi connectivity index (χ3n) is 4.20. The van der Waals surface area contributed by atoms with E-state index in [1.165, 1.54) is 10.4 Å². The summed E-state index contributed by atoms with van der Waals surface area (Å²) in [6.07, 6.45) is 2.08. The van der Waals surface area contributed by atoms with Crippen LogP contribution in [0.1, 0.15) is 24.8 Å². The molecular weight excluding hydrogens is 383 g/mol. The van der Waals surface area contributed by atoms with Gasteiger partial charge in [-0.15, -0.1) is 0 Å². The van der Waals surface area contributed by atoms with Gasteiger partial charge >= 0.3 is 0 Å². The van der Waals surface area contributed by atoms with Crippen LogP contribution in [0.2, 0.25) is 0 Å². The van der Waals surface area contributed by atoms with E-state index in [0.717, 1.165) is 12.5 Å². The van der Waals surface area contributed by atoms with E-state index in [1.54, 1.807) is 0 Å². The fraction of sp³-hybridized carbons (Fsp3) is 0.294. The summed E-state index contributed by atoms with van der Waals surface area (Å²) >= 11 is 0.347. The molecule has 1 aliphatic rings. The van der Waals surface area contributed by atoms with Crippen molar-refractivity contribution >= 4 is 11.9 Å². The fourth-order valence-corrected chi connectivity index (χ4v) is 3.65. The highest BCUT2D eigenvalue weighted by Crippen LogP contribution is 2.39. The summed E-state index contributed by atoms with van der Waals surface area (Å²) in [6.45, 7) is -0.180. The minimum Gasteiger partial charge on any atom is -0.239 e. The summed E-state index contributed by atoms with van der Waals surface area (Å²) in [7, 11) is 0. The van der Waals surface area contributed by atoms with Crippen LogP contribution in [0.4, 0.5) is 30.7 Å². The molecule has 0 spiro atoms. The monoisotopic (exact) mass is 395 g/mol. The first-order valence-electron chi connectivity index (χ1n) is 7.69. The molecule has 0 bridgehead atoms. The number of nitrogens with zero attached hydrogens (tertiary/aromatic N) is 1. The lowest BCUT2D eigenvalue weighted by atomic mass is 9.93. The van der Waals surface area contributed by atoms with E-state index < -0.39 is 45.6 Å². The van der Waals surface area contributed by atoms with E-state index >= 15 is 0 Å². The summed E-state index contributed by atoms with van der Waals surface area (Å²) in [4.78, 5) is -1.05. The molecule has 9 heteroatoms. The zero-order chi connectivity index (χ0) is 19.0. The number of halogens is 7. The van der Waals surface area contributed by atoms with E-state index in [-0.39, 0.29) is 18.2 Å². The van der Waals surface area contributed by atoms with Gasteiger partial charge in [0.2, 0.25) is 5.82 Å². The van der Waals surface area contributed by atoms with Crippen LogP contribution >= 0.6 is 11.9 Å². The molecule has 0 radical (unpaired) electrons. The molecule has 0 unspecified atom stereocenters. The Morgan fingerprint density at radius 3 is 1.92 bits per heavy atom. The maximum absolute atomic E-state index is 13.9. The van der Waals surface area contributed by atoms with Crippen LogP contribution in [0.25, 0.3) is 0 Å². The summed E-state index contributed by atoms with van der Waals surface area (Å²) in [5.74, 6) is -11.8. The van der Waals surface area contributed by atoms with Crippen molar-refractivity contribution in [2.24, 2.45) is 0 Å². The Kier molecular flexibility index (Phi) is 5.47. The molecule has 0 aliphatic heterocycles. The number of hydrogen-bond donors (Lipinski definition) is 0. The second kappa shape index (κ2) is 7.48. The first-order chi connectivity index (χ1) is 12.3. The summed E-state index contributed by atoms with van der Waals surface area (Å²) < 4.78 is 96.1. The molecule has 0 N–H and O–H groups in total. The molecule has 2 aromatic rings. The number of benzene rings is 2. The van der Waals surface area contributed by atoms with E-state index in [2.05, 4.69) is 0 Å². The average molecular weight is 395 g/mol. The van der Waals surface area contributed by atoms with Crippen LogP contribution in [0.15, 0.2) is 23.1 Å². The van der Waals surface area contributed by atoms with Crippen molar-refractivity contribution < 1.29 is 30.7 Å². The zero-order valence-electron chi connectivity index (χ0n) is 13.1. The Labute approximate surface area is 148 Å². The minimum atomic E-state index is -2.23. The number of rotatable bonds is 5. The second-order valence-corrected chi connectivity index (χ2v) is 6.95. The molecule has 1 aliphatic carbocycles. The van der Waals surface area contributed by atoms with Crippen molar-refractivity contribution in [3.05, 3.63) is 64.5 Å². The van der Waals surface area contributed by atoms with Crippen LogP contribution in [-0.2, 0) is 6.54 Å². The highest BCUT2D eigenvalue weighted by molar-refractivity contribution is 7.97. The molecule has 3 rings (SSSR count). The van der Waals surface area contributed by atoms with E-state index in [0.29, 0.717) is 30.9 Å². The summed E-state index contributed by atoms with van der Waals surface area (Å²) in [6, 6.07) is 2.65. The fourth-order valence-electron chi connectivity index (χ4n) is 2.51. The van der Waals surface area contributed by atoms with Crippen LogP contribution in [0.5, 0.6) is 0 Å². The van der Waals surface area contributed by atoms with Gasteiger partial charge in [0.15, 0.2) is 23.3 Å². The molecule has 1 saturated carbocycles. The van der Waals surface area contributed by atoms with Crippen LogP contribution in [-0.4, -0.2) is 10.3 Å². The van der Waals surface area contributed by atoms with Gasteiger partial charge < -0.3 is 0 Å². The molecule has 1 fully saturated rings. The van der Waals surface area contributed by atoms with Crippen molar-refractivity contribution in [3.8, 4) is 0 Å². The Bertz CT molecular complexity index is 809. The largest absolute Gasteiger partial charge is 0.239 e. The molecule has 26 heavy (non-hydrogen) atoms. The molecule has 0 amide bonds. The third kappa shape index (κ3) is 3.55. The van der Waals surface area contributed by atoms with Gasteiger partial charge in [-0.05, 0) is 30.9 Å². The predicted octanol–water partition coefficient (Wildman–Crippen LogP) is 5.72. The van der Waals surface area contributed by atoms with Crippen LogP contribution < -0.4 is 0 Å². The van der Waals surface area contributed by atoms with Crippen molar-refractivity contribution in [1.29, 1.82) is 0 Å². The molecule has 140 valence electrons. The van der Waals surface area contributed by atoms with Gasteiger partial charge in [-0.1, -0.05) is 12.5 Å². The van der Waals surface area contributed by atoms with E-state index in [4.69, 9.17) is 0 Å². The molecule has 0 aromatic heterocycles. The van der Waals surface area contributed by atoms with Crippen LogP contribution in [0, 0.1) is 40.7 Å². The van der Waals surface area contributed by atoms with Crippen molar-refractivity contribution in [1.82, 2.24) is 4.31 Å². The van der Waals surface area contributed by atoms with Crippen molar-refractivity contribution in [2.75, 3.05) is 0 Å². The predicted molar refractivity (Wildman–Crippen MR) is 81.6 cm³/mol. The first-order valence-corrected chi connectivity index (χ1v) is 8.47. The smallest absolute Gasteiger partial charge is 0.200 e. The summed E-state index contributed by atoms with van der Waals surface area (Å²) in [5.41, 5.74) is 0.0506. The Morgan fingerprint density at radius 2 is 1.42 bits per heavy atom. The van der Waals surface area contributed by atoms with E-state index in [1.807, 2.05) is 0 Å². The lowest BCUT2D eigenvalue weighted by Crippen LogP contribution is -2.35. The molecule has 0 heterocycles. The third-order valence-corrected chi connectivity index (χ3v) is 5.40. The Hall–Kier alpha value is -1.74. The lowest BCUT2D eigenvalue weighted by molar-refractivity contribution is 0.228. The standard InChI is InChI=1S/C17H12F7NS/c18-9-5-4-8(11(19)6-9)7-25(10-2-1-3-10)26-17-15(23)13(21)12(20)14(22)16(17)24/h4-6,10H,1-3,7H2. The average Bonchev–Trinajstić information content (AvgIpc) is 2.55. The first kappa shape index (κ1) is 19.0. The SMILES string of the molecule is Fc1ccc(CN(Sc2c(F)c(F)c(F)c(F)c2F)C2CCC2)c(F)c1. The Morgan fingerprint density at radius 1 is 0.846 bits per heavy atom. The van der Waals surface area contributed by atoms with Gasteiger partial charge in [-0.3, -0.25) is 0 Å². The van der Waals surface area contributed by atoms with Gasteiger partial charge in [0.05, 0.1) is 0 Å². The van der Waals surface area contributed by atoms with Gasteiger partial charge in [0.25, 0.3) is 0 Å². The molecule has 0 atom stereocenters. The lowest BCUT2D eigenvalue weighted by Gasteiger charge is -2.36. The highest BCUT2D eigenvalue weighted by Gasteiger charge is 2.32. The quantitative estimate of drug-likeness (QED) is 0.276. The molecule has 1 nitrogen and oxygen atoms in total. The van der Waals surface area contributed by atoms with Gasteiger partial charge in [0.1, 0.15) is 16.5 Å². The van der Waals surface area contributed by atoms with E-state index in [9.17, 15) is 30.7 Å². The van der Waals surface area contributed by atoms with Crippen molar-refractivity contribution in [3.63, 3.8) is 0 Å². The molecular formula is C17H12F7NS. The second-order valence-electron chi connectivity index (χ2n) is 5.89. The maximum atomic E-state index is 13.9. The van der Waals surface area contributed by atoms with Crippen molar-refractivity contribution in [2.45, 2.75) is 36.7 Å². The Balaban J connectivity index is 1.93. The minimum absolute atomic E-state index is 0.0506.